The fourth-order valence-corrected chi connectivity index (χ4v) is 5.09. The molecule has 1 fully saturated rings. The summed E-state index contributed by atoms with van der Waals surface area (Å²) in [5.41, 5.74) is 2.70. The number of thiophene rings is 1. The molecule has 1 amide bonds. The van der Waals surface area contributed by atoms with Crippen LogP contribution in [-0.4, -0.2) is 54.9 Å². The molecule has 2 aromatic rings. The van der Waals surface area contributed by atoms with Crippen LogP contribution in [0.1, 0.15) is 22.4 Å². The summed E-state index contributed by atoms with van der Waals surface area (Å²) >= 11 is 1.80. The molecule has 4 rings (SSSR count). The van der Waals surface area contributed by atoms with Crippen molar-refractivity contribution in [3.05, 3.63) is 57.8 Å². The number of benzene rings is 1. The number of carbonyl (C=O) groups excluding carboxylic acids is 1. The van der Waals surface area contributed by atoms with Gasteiger partial charge in [0.1, 0.15) is 0 Å². The number of nitrogens with zero attached hydrogens (tertiary/aromatic N) is 3. The van der Waals surface area contributed by atoms with Crippen molar-refractivity contribution < 1.29 is 4.79 Å². The molecular weight excluding hydrogens is 368 g/mol. The average molecular weight is 397 g/mol. The van der Waals surface area contributed by atoms with Crippen LogP contribution in [0.15, 0.2) is 46.8 Å². The molecule has 28 heavy (non-hydrogen) atoms. The summed E-state index contributed by atoms with van der Waals surface area (Å²) in [5.74, 6) is 1.63. The Balaban J connectivity index is 1.26. The predicted molar refractivity (Wildman–Crippen MR) is 115 cm³/mol. The molecule has 1 N–H and O–H groups in total. The van der Waals surface area contributed by atoms with Crippen molar-refractivity contribution in [2.45, 2.75) is 25.8 Å². The standard InChI is InChI=1S/C22H28N4OS/c1-23-22(26-10-7-18(15-26)13-17-5-3-2-4-6-17)24-14-21(27)25-11-8-20-19(16-25)9-12-28-20/h2-6,9,12,18H,7-8,10-11,13-16H2,1H3,(H,23,24). The van der Waals surface area contributed by atoms with E-state index in [0.717, 1.165) is 51.4 Å². The van der Waals surface area contributed by atoms with Gasteiger partial charge in [-0.15, -0.1) is 11.3 Å². The molecule has 0 bridgehead atoms. The molecule has 5 nitrogen and oxygen atoms in total. The number of carbonyl (C=O) groups is 1. The fourth-order valence-electron chi connectivity index (χ4n) is 4.20. The lowest BCUT2D eigenvalue weighted by molar-refractivity contribution is -0.130. The molecule has 1 saturated heterocycles. The van der Waals surface area contributed by atoms with Gasteiger partial charge in [0.05, 0.1) is 6.54 Å². The lowest BCUT2D eigenvalue weighted by Gasteiger charge is -2.28. The Hall–Kier alpha value is -2.34. The zero-order chi connectivity index (χ0) is 19.3. The van der Waals surface area contributed by atoms with E-state index in [2.05, 4.69) is 57.0 Å². The monoisotopic (exact) mass is 396 g/mol. The van der Waals surface area contributed by atoms with E-state index in [9.17, 15) is 4.79 Å². The van der Waals surface area contributed by atoms with E-state index in [1.165, 1.54) is 16.0 Å². The summed E-state index contributed by atoms with van der Waals surface area (Å²) in [7, 11) is 1.80. The van der Waals surface area contributed by atoms with Gasteiger partial charge in [-0.25, -0.2) is 0 Å². The van der Waals surface area contributed by atoms with Gasteiger partial charge in [-0.3, -0.25) is 9.79 Å². The Morgan fingerprint density at radius 1 is 1.21 bits per heavy atom. The number of guanidine groups is 1. The van der Waals surface area contributed by atoms with E-state index in [1.54, 1.807) is 18.4 Å². The van der Waals surface area contributed by atoms with Crippen LogP contribution in [0, 0.1) is 5.92 Å². The van der Waals surface area contributed by atoms with Crippen molar-refractivity contribution in [1.82, 2.24) is 15.1 Å². The topological polar surface area (TPSA) is 47.9 Å². The van der Waals surface area contributed by atoms with Gasteiger partial charge in [0.2, 0.25) is 5.91 Å². The molecule has 6 heteroatoms. The molecule has 0 saturated carbocycles. The van der Waals surface area contributed by atoms with Crippen LogP contribution in [0.2, 0.25) is 0 Å². The highest BCUT2D eigenvalue weighted by molar-refractivity contribution is 7.10. The number of amides is 1. The maximum absolute atomic E-state index is 12.7. The van der Waals surface area contributed by atoms with Crippen molar-refractivity contribution in [1.29, 1.82) is 0 Å². The fraction of sp³-hybridized carbons (Fsp3) is 0.455. The SMILES string of the molecule is CN=C(NCC(=O)N1CCc2sccc2C1)N1CCC(Cc2ccccc2)C1. The summed E-state index contributed by atoms with van der Waals surface area (Å²) in [6.45, 7) is 3.85. The largest absolute Gasteiger partial charge is 0.347 e. The second kappa shape index (κ2) is 8.78. The third-order valence-electron chi connectivity index (χ3n) is 5.72. The van der Waals surface area contributed by atoms with E-state index in [1.807, 2.05) is 4.90 Å². The van der Waals surface area contributed by atoms with Gasteiger partial charge in [-0.1, -0.05) is 30.3 Å². The second-order valence-corrected chi connectivity index (χ2v) is 8.63. The number of hydrogen-bond donors (Lipinski definition) is 1. The van der Waals surface area contributed by atoms with Crippen LogP contribution >= 0.6 is 11.3 Å². The van der Waals surface area contributed by atoms with Crippen LogP contribution in [0.5, 0.6) is 0 Å². The highest BCUT2D eigenvalue weighted by Crippen LogP contribution is 2.24. The Labute approximate surface area is 171 Å². The Morgan fingerprint density at radius 2 is 2.07 bits per heavy atom. The normalized spacial score (nSPS) is 19.6. The van der Waals surface area contributed by atoms with Crippen molar-refractivity contribution >= 4 is 23.2 Å². The van der Waals surface area contributed by atoms with E-state index >= 15 is 0 Å². The molecule has 1 unspecified atom stereocenters. The molecular formula is C22H28N4OS. The first kappa shape index (κ1) is 19.0. The lowest BCUT2D eigenvalue weighted by Crippen LogP contribution is -2.46. The molecule has 3 heterocycles. The number of likely N-dealkylation sites (tertiary alicyclic amines) is 1. The summed E-state index contributed by atoms with van der Waals surface area (Å²) in [5, 5.41) is 5.42. The Kier molecular flexibility index (Phi) is 5.95. The van der Waals surface area contributed by atoms with Crippen molar-refractivity contribution in [3.8, 4) is 0 Å². The van der Waals surface area contributed by atoms with Crippen LogP contribution in [0.3, 0.4) is 0 Å². The number of rotatable bonds is 4. The van der Waals surface area contributed by atoms with Gasteiger partial charge in [0.15, 0.2) is 5.96 Å². The first-order chi connectivity index (χ1) is 13.7. The highest BCUT2D eigenvalue weighted by Gasteiger charge is 2.26. The zero-order valence-corrected chi connectivity index (χ0v) is 17.3. The summed E-state index contributed by atoms with van der Waals surface area (Å²) in [6, 6.07) is 12.8. The maximum atomic E-state index is 12.7. The molecule has 148 valence electrons. The van der Waals surface area contributed by atoms with Gasteiger partial charge < -0.3 is 15.1 Å². The van der Waals surface area contributed by atoms with E-state index in [0.29, 0.717) is 12.5 Å². The van der Waals surface area contributed by atoms with E-state index in [4.69, 9.17) is 0 Å². The molecule has 2 aliphatic heterocycles. The quantitative estimate of drug-likeness (QED) is 0.639. The van der Waals surface area contributed by atoms with Gasteiger partial charge in [-0.2, -0.15) is 0 Å². The number of hydrogen-bond acceptors (Lipinski definition) is 3. The molecule has 1 atom stereocenters. The van der Waals surface area contributed by atoms with Gasteiger partial charge in [-0.05, 0) is 47.8 Å². The second-order valence-electron chi connectivity index (χ2n) is 7.63. The van der Waals surface area contributed by atoms with Crippen LogP contribution in [0.4, 0.5) is 0 Å². The van der Waals surface area contributed by atoms with E-state index < -0.39 is 0 Å². The number of aliphatic imine (C=N–C) groups is 1. The summed E-state index contributed by atoms with van der Waals surface area (Å²) in [4.78, 5) is 22.7. The predicted octanol–water partition coefficient (Wildman–Crippen LogP) is 2.77. The third-order valence-corrected chi connectivity index (χ3v) is 6.75. The first-order valence-corrected chi connectivity index (χ1v) is 10.9. The van der Waals surface area contributed by atoms with Gasteiger partial charge >= 0.3 is 0 Å². The molecule has 1 aromatic heterocycles. The van der Waals surface area contributed by atoms with Gasteiger partial charge in [0, 0.05) is 38.1 Å². The average Bonchev–Trinajstić information content (AvgIpc) is 3.38. The number of nitrogens with one attached hydrogen (secondary N) is 1. The number of fused-ring (bicyclic) bond motifs is 1. The molecule has 0 aliphatic carbocycles. The summed E-state index contributed by atoms with van der Waals surface area (Å²) in [6.07, 6.45) is 3.24. The minimum Gasteiger partial charge on any atom is -0.347 e. The minimum absolute atomic E-state index is 0.151. The molecule has 2 aliphatic rings. The minimum atomic E-state index is 0.151. The van der Waals surface area contributed by atoms with Crippen LogP contribution < -0.4 is 5.32 Å². The van der Waals surface area contributed by atoms with Crippen molar-refractivity contribution in [2.75, 3.05) is 33.2 Å². The smallest absolute Gasteiger partial charge is 0.242 e. The van der Waals surface area contributed by atoms with Crippen molar-refractivity contribution in [2.24, 2.45) is 10.9 Å². The van der Waals surface area contributed by atoms with Gasteiger partial charge in [0.25, 0.3) is 0 Å². The Morgan fingerprint density at radius 3 is 2.89 bits per heavy atom. The first-order valence-electron chi connectivity index (χ1n) is 10.1. The molecule has 0 radical (unpaired) electrons. The molecule has 0 spiro atoms. The third kappa shape index (κ3) is 4.38. The Bertz CT molecular complexity index is 832. The maximum Gasteiger partial charge on any atom is 0.242 e. The van der Waals surface area contributed by atoms with Crippen LogP contribution in [0.25, 0.3) is 0 Å². The molecule has 1 aromatic carbocycles. The van der Waals surface area contributed by atoms with Crippen molar-refractivity contribution in [3.63, 3.8) is 0 Å². The highest BCUT2D eigenvalue weighted by atomic mass is 32.1. The lowest BCUT2D eigenvalue weighted by atomic mass is 9.99. The summed E-state index contributed by atoms with van der Waals surface area (Å²) < 4.78 is 0. The van der Waals surface area contributed by atoms with E-state index in [-0.39, 0.29) is 5.91 Å². The van der Waals surface area contributed by atoms with Crippen LogP contribution in [-0.2, 0) is 24.2 Å². The zero-order valence-electron chi connectivity index (χ0n) is 16.4.